The number of carbonyl (C=O) groups excluding carboxylic acids is 4. The highest BCUT2D eigenvalue weighted by molar-refractivity contribution is 6.23. The van der Waals surface area contributed by atoms with Crippen LogP contribution in [-0.4, -0.2) is 55.0 Å². The fourth-order valence-corrected chi connectivity index (χ4v) is 2.91. The minimum Gasteiger partial charge on any atom is -0.460 e. The number of amides is 3. The highest BCUT2D eigenvalue weighted by Gasteiger charge is 2.40. The van der Waals surface area contributed by atoms with E-state index in [1.807, 2.05) is 0 Å². The molecule has 3 rings (SSSR count). The summed E-state index contributed by atoms with van der Waals surface area (Å²) in [5.74, 6) is -2.01. The van der Waals surface area contributed by atoms with Crippen LogP contribution in [-0.2, 0) is 14.3 Å². The Morgan fingerprint density at radius 2 is 1.55 bits per heavy atom. The molecule has 8 heteroatoms. The minimum absolute atomic E-state index is 0.144. The fourth-order valence-electron chi connectivity index (χ4n) is 2.91. The molecule has 29 heavy (non-hydrogen) atoms. The quantitative estimate of drug-likeness (QED) is 0.437. The molecule has 1 heterocycles. The standard InChI is InChI=1S/C21H20N2O6/c1-13(23-19(25)16-5-3-4-6-17(16)20(23)26)18(24)22-15-9-7-14(8-10-15)21(27)29-12-11-28-2/h3-10,13H,11-12H2,1-2H3,(H,22,24)/t13-/m0/s1. The molecule has 1 aliphatic heterocycles. The summed E-state index contributed by atoms with van der Waals surface area (Å²) in [5, 5.41) is 2.65. The lowest BCUT2D eigenvalue weighted by Crippen LogP contribution is -2.45. The lowest BCUT2D eigenvalue weighted by Gasteiger charge is -2.21. The third-order valence-electron chi connectivity index (χ3n) is 4.50. The Balaban J connectivity index is 1.64. The maximum absolute atomic E-state index is 12.6. The van der Waals surface area contributed by atoms with Crippen molar-refractivity contribution in [3.05, 3.63) is 65.2 Å². The van der Waals surface area contributed by atoms with E-state index in [0.29, 0.717) is 17.9 Å². The van der Waals surface area contributed by atoms with Gasteiger partial charge in [-0.2, -0.15) is 0 Å². The highest BCUT2D eigenvalue weighted by atomic mass is 16.6. The molecule has 0 spiro atoms. The van der Waals surface area contributed by atoms with E-state index in [4.69, 9.17) is 9.47 Å². The number of benzene rings is 2. The monoisotopic (exact) mass is 396 g/mol. The zero-order valence-electron chi connectivity index (χ0n) is 16.0. The van der Waals surface area contributed by atoms with Crippen molar-refractivity contribution in [3.8, 4) is 0 Å². The summed E-state index contributed by atoms with van der Waals surface area (Å²) in [6.07, 6.45) is 0. The molecule has 8 nitrogen and oxygen atoms in total. The molecule has 0 aliphatic carbocycles. The molecular weight excluding hydrogens is 376 g/mol. The fraction of sp³-hybridized carbons (Fsp3) is 0.238. The van der Waals surface area contributed by atoms with Crippen LogP contribution in [0, 0.1) is 0 Å². The Kier molecular flexibility index (Phi) is 6.04. The Morgan fingerprint density at radius 3 is 2.10 bits per heavy atom. The molecule has 3 amide bonds. The normalized spacial score (nSPS) is 13.8. The van der Waals surface area contributed by atoms with Crippen molar-refractivity contribution in [1.29, 1.82) is 0 Å². The first-order valence-electron chi connectivity index (χ1n) is 8.98. The number of anilines is 1. The molecule has 0 saturated carbocycles. The van der Waals surface area contributed by atoms with Gasteiger partial charge in [-0.25, -0.2) is 4.79 Å². The maximum Gasteiger partial charge on any atom is 0.338 e. The molecule has 2 aromatic rings. The largest absolute Gasteiger partial charge is 0.460 e. The smallest absolute Gasteiger partial charge is 0.338 e. The van der Waals surface area contributed by atoms with Crippen LogP contribution in [0.5, 0.6) is 0 Å². The first kappa shape index (κ1) is 20.2. The second-order valence-electron chi connectivity index (χ2n) is 6.40. The van der Waals surface area contributed by atoms with Crippen LogP contribution < -0.4 is 5.32 Å². The molecule has 0 unspecified atom stereocenters. The summed E-state index contributed by atoms with van der Waals surface area (Å²) < 4.78 is 9.83. The van der Waals surface area contributed by atoms with Crippen molar-refractivity contribution in [3.63, 3.8) is 0 Å². The Hall–Kier alpha value is -3.52. The average Bonchev–Trinajstić information content (AvgIpc) is 2.98. The number of carbonyl (C=O) groups is 4. The van der Waals surface area contributed by atoms with E-state index in [1.165, 1.54) is 26.2 Å². The van der Waals surface area contributed by atoms with E-state index in [1.54, 1.807) is 36.4 Å². The van der Waals surface area contributed by atoms with E-state index < -0.39 is 29.7 Å². The van der Waals surface area contributed by atoms with Gasteiger partial charge in [0.25, 0.3) is 11.8 Å². The first-order chi connectivity index (χ1) is 13.9. The van der Waals surface area contributed by atoms with Crippen LogP contribution in [0.2, 0.25) is 0 Å². The Bertz CT molecular complexity index is 919. The summed E-state index contributed by atoms with van der Waals surface area (Å²) in [6.45, 7) is 1.93. The van der Waals surface area contributed by atoms with Crippen molar-refractivity contribution >= 4 is 29.4 Å². The SMILES string of the molecule is COCCOC(=O)c1ccc(NC(=O)[C@H](C)N2C(=O)c3ccccc3C2=O)cc1. The molecular formula is C21H20N2O6. The molecule has 1 atom stereocenters. The Morgan fingerprint density at radius 1 is 0.966 bits per heavy atom. The summed E-state index contributed by atoms with van der Waals surface area (Å²) >= 11 is 0. The average molecular weight is 396 g/mol. The number of rotatable bonds is 7. The van der Waals surface area contributed by atoms with Gasteiger partial charge in [0.05, 0.1) is 23.3 Å². The van der Waals surface area contributed by atoms with Crippen LogP contribution in [0.15, 0.2) is 48.5 Å². The minimum atomic E-state index is -0.999. The van der Waals surface area contributed by atoms with Gasteiger partial charge in [0.1, 0.15) is 12.6 Å². The van der Waals surface area contributed by atoms with Gasteiger partial charge in [-0.05, 0) is 43.3 Å². The molecule has 150 valence electrons. The van der Waals surface area contributed by atoms with Crippen molar-refractivity contribution in [2.75, 3.05) is 25.6 Å². The second-order valence-corrected chi connectivity index (χ2v) is 6.40. The summed E-state index contributed by atoms with van der Waals surface area (Å²) in [4.78, 5) is 50.4. The van der Waals surface area contributed by atoms with E-state index in [9.17, 15) is 19.2 Å². The van der Waals surface area contributed by atoms with Gasteiger partial charge in [-0.15, -0.1) is 0 Å². The number of hydrogen-bond acceptors (Lipinski definition) is 6. The molecule has 0 fully saturated rings. The van der Waals surface area contributed by atoms with Gasteiger partial charge in [0, 0.05) is 12.8 Å². The molecule has 1 aliphatic rings. The number of methoxy groups -OCH3 is 1. The van der Waals surface area contributed by atoms with Crippen molar-refractivity contribution < 1.29 is 28.7 Å². The maximum atomic E-state index is 12.6. The second kappa shape index (κ2) is 8.66. The predicted molar refractivity (Wildman–Crippen MR) is 104 cm³/mol. The van der Waals surface area contributed by atoms with E-state index in [-0.39, 0.29) is 17.7 Å². The number of imide groups is 1. The lowest BCUT2D eigenvalue weighted by molar-refractivity contribution is -0.119. The van der Waals surface area contributed by atoms with Crippen molar-refractivity contribution in [2.24, 2.45) is 0 Å². The molecule has 2 aromatic carbocycles. The molecule has 0 aromatic heterocycles. The van der Waals surface area contributed by atoms with E-state index >= 15 is 0 Å². The van der Waals surface area contributed by atoms with Crippen molar-refractivity contribution in [2.45, 2.75) is 13.0 Å². The third kappa shape index (κ3) is 4.17. The number of hydrogen-bond donors (Lipinski definition) is 1. The van der Waals surface area contributed by atoms with Gasteiger partial charge in [0.15, 0.2) is 0 Å². The van der Waals surface area contributed by atoms with Gasteiger partial charge >= 0.3 is 5.97 Å². The number of esters is 1. The summed E-state index contributed by atoms with van der Waals surface area (Å²) in [7, 11) is 1.51. The molecule has 0 radical (unpaired) electrons. The predicted octanol–water partition coefficient (Wildman–Crippen LogP) is 2.11. The summed E-state index contributed by atoms with van der Waals surface area (Å²) in [5.41, 5.74) is 1.32. The van der Waals surface area contributed by atoms with Crippen molar-refractivity contribution in [1.82, 2.24) is 4.90 Å². The lowest BCUT2D eigenvalue weighted by atomic mass is 10.1. The van der Waals surface area contributed by atoms with E-state index in [2.05, 4.69) is 5.32 Å². The van der Waals surface area contributed by atoms with Crippen LogP contribution >= 0.6 is 0 Å². The highest BCUT2D eigenvalue weighted by Crippen LogP contribution is 2.25. The molecule has 0 bridgehead atoms. The Labute approximate surface area is 167 Å². The number of fused-ring (bicyclic) bond motifs is 1. The van der Waals surface area contributed by atoms with Gasteiger partial charge in [0.2, 0.25) is 5.91 Å². The number of ether oxygens (including phenoxy) is 2. The third-order valence-corrected chi connectivity index (χ3v) is 4.50. The van der Waals surface area contributed by atoms with Crippen LogP contribution in [0.4, 0.5) is 5.69 Å². The molecule has 1 N–H and O–H groups in total. The van der Waals surface area contributed by atoms with E-state index in [0.717, 1.165) is 4.90 Å². The topological polar surface area (TPSA) is 102 Å². The zero-order valence-corrected chi connectivity index (χ0v) is 16.0. The van der Waals surface area contributed by atoms with Gasteiger partial charge in [-0.3, -0.25) is 19.3 Å². The summed E-state index contributed by atoms with van der Waals surface area (Å²) in [6, 6.07) is 11.6. The first-order valence-corrected chi connectivity index (χ1v) is 8.98. The van der Waals surface area contributed by atoms with Crippen LogP contribution in [0.1, 0.15) is 38.0 Å². The zero-order chi connectivity index (χ0) is 21.0. The van der Waals surface area contributed by atoms with Crippen LogP contribution in [0.25, 0.3) is 0 Å². The molecule has 0 saturated heterocycles. The van der Waals surface area contributed by atoms with Crippen LogP contribution in [0.3, 0.4) is 0 Å². The van der Waals surface area contributed by atoms with Gasteiger partial charge < -0.3 is 14.8 Å². The number of nitrogens with zero attached hydrogens (tertiary/aromatic N) is 1. The van der Waals surface area contributed by atoms with Gasteiger partial charge in [-0.1, -0.05) is 12.1 Å². The number of nitrogens with one attached hydrogen (secondary N) is 1.